The Morgan fingerprint density at radius 1 is 0.880 bits per heavy atom. The summed E-state index contributed by atoms with van der Waals surface area (Å²) in [6.45, 7) is -0.124. The molecule has 2 amide bonds. The van der Waals surface area contributed by atoms with Crippen molar-refractivity contribution in [2.75, 3.05) is 11.9 Å². The van der Waals surface area contributed by atoms with Crippen LogP contribution in [0, 0.1) is 0 Å². The first kappa shape index (κ1) is 37.0. The van der Waals surface area contributed by atoms with Crippen molar-refractivity contribution in [2.45, 2.75) is 35.7 Å². The molecule has 4 N–H and O–H groups in total. The number of aliphatic carboxylic acids is 1. The number of aromatic carboxylic acids is 1. The maximum atomic E-state index is 14.4. The van der Waals surface area contributed by atoms with E-state index in [1.54, 1.807) is 12.1 Å². The highest BCUT2D eigenvalue weighted by Gasteiger charge is 2.55. The van der Waals surface area contributed by atoms with Gasteiger partial charge in [0, 0.05) is 41.1 Å². The number of carboxylic acids is 2. The number of carbonyl (C=O) groups excluding carboxylic acids is 2. The number of anilines is 1. The summed E-state index contributed by atoms with van der Waals surface area (Å²) in [7, 11) is -4.48. The van der Waals surface area contributed by atoms with E-state index in [0.29, 0.717) is 11.3 Å². The fraction of sp³-hybridized carbons (Fsp3) is 0.182. The van der Waals surface area contributed by atoms with Gasteiger partial charge in [-0.1, -0.05) is 70.7 Å². The van der Waals surface area contributed by atoms with Crippen molar-refractivity contribution < 1.29 is 37.8 Å². The average Bonchev–Trinajstić information content (AvgIpc) is 3.52. The van der Waals surface area contributed by atoms with Crippen LogP contribution in [0.3, 0.4) is 0 Å². The van der Waals surface area contributed by atoms with Crippen LogP contribution in [0.2, 0.25) is 20.1 Å². The number of hydrogen-bond acceptors (Lipinski definition) is 7. The first-order chi connectivity index (χ1) is 23.6. The van der Waals surface area contributed by atoms with Crippen LogP contribution in [0.5, 0.6) is 0 Å². The van der Waals surface area contributed by atoms with Crippen molar-refractivity contribution in [3.05, 3.63) is 121 Å². The number of hydrogen-bond donors (Lipinski definition) is 4. The van der Waals surface area contributed by atoms with Crippen molar-refractivity contribution in [3.63, 3.8) is 0 Å². The van der Waals surface area contributed by atoms with Gasteiger partial charge < -0.3 is 20.8 Å². The Labute approximate surface area is 306 Å². The van der Waals surface area contributed by atoms with Gasteiger partial charge in [-0.15, -0.1) is 0 Å². The summed E-state index contributed by atoms with van der Waals surface area (Å²) in [4.78, 5) is 54.7. The molecule has 260 valence electrons. The van der Waals surface area contributed by atoms with Crippen molar-refractivity contribution in [1.82, 2.24) is 14.6 Å². The number of nitrogens with one attached hydrogen (secondary N) is 2. The third-order valence-corrected chi connectivity index (χ3v) is 11.0. The third kappa shape index (κ3) is 7.58. The molecule has 1 unspecified atom stereocenters. The van der Waals surface area contributed by atoms with Gasteiger partial charge in [-0.05, 0) is 66.4 Å². The second-order valence-electron chi connectivity index (χ2n) is 11.2. The highest BCUT2D eigenvalue weighted by molar-refractivity contribution is 7.89. The molecule has 0 aliphatic carbocycles. The first-order valence-corrected chi connectivity index (χ1v) is 17.6. The van der Waals surface area contributed by atoms with Crippen LogP contribution in [0.1, 0.15) is 44.7 Å². The van der Waals surface area contributed by atoms with Crippen LogP contribution in [-0.4, -0.2) is 64.3 Å². The number of nitrogens with zero attached hydrogens (tertiary/aromatic N) is 2. The third-order valence-electron chi connectivity index (χ3n) is 8.07. The standard InChI is InChI=1S/C33H26Cl4N4O8S/c34-21-13-22(35)15-24(14-21)50(48,49)41-11-1-10-33(41,20-6-4-19(5-7-20)30(43)44)32(47)40-27(31(45)46)12-18-2-8-23(9-3-18)39-29(42)28-25(36)16-38-17-26(28)37/h2-9,13-17,27H,1,10-12H2,(H,39,42)(H,40,47)(H,43,44)(H,45,46)/t27-,33?/m0/s1. The minimum absolute atomic E-state index is 0.0222. The molecule has 1 aliphatic rings. The van der Waals surface area contributed by atoms with E-state index in [-0.39, 0.29) is 67.5 Å². The van der Waals surface area contributed by atoms with Crippen molar-refractivity contribution in [1.29, 1.82) is 0 Å². The molecule has 0 bridgehead atoms. The number of pyridine rings is 1. The van der Waals surface area contributed by atoms with E-state index in [4.69, 9.17) is 46.4 Å². The number of aromatic nitrogens is 1. The Balaban J connectivity index is 1.45. The van der Waals surface area contributed by atoms with Gasteiger partial charge in [-0.3, -0.25) is 14.6 Å². The number of rotatable bonds is 11. The fourth-order valence-corrected chi connectivity index (χ4v) is 8.78. The molecule has 50 heavy (non-hydrogen) atoms. The molecule has 4 aromatic rings. The van der Waals surface area contributed by atoms with Crippen molar-refractivity contribution in [2.24, 2.45) is 0 Å². The van der Waals surface area contributed by atoms with Gasteiger partial charge in [0.05, 0.1) is 26.1 Å². The lowest BCUT2D eigenvalue weighted by atomic mass is 9.86. The van der Waals surface area contributed by atoms with Crippen LogP contribution in [-0.2, 0) is 31.6 Å². The number of sulfonamides is 1. The zero-order valence-electron chi connectivity index (χ0n) is 25.6. The van der Waals surface area contributed by atoms with Gasteiger partial charge in [0.1, 0.15) is 11.6 Å². The molecule has 3 aromatic carbocycles. The number of amides is 2. The Hall–Kier alpha value is -4.24. The summed E-state index contributed by atoms with van der Waals surface area (Å²) in [5.74, 6) is -4.16. The Kier molecular flexibility index (Phi) is 11.1. The minimum Gasteiger partial charge on any atom is -0.480 e. The Morgan fingerprint density at radius 2 is 1.48 bits per heavy atom. The highest BCUT2D eigenvalue weighted by Crippen LogP contribution is 2.44. The van der Waals surface area contributed by atoms with Crippen molar-refractivity contribution in [3.8, 4) is 0 Å². The molecule has 1 aliphatic heterocycles. The van der Waals surface area contributed by atoms with Crippen LogP contribution in [0.4, 0.5) is 5.69 Å². The van der Waals surface area contributed by atoms with E-state index in [0.717, 1.165) is 4.31 Å². The lowest BCUT2D eigenvalue weighted by Crippen LogP contribution is -2.58. The normalized spacial score (nSPS) is 16.8. The zero-order valence-corrected chi connectivity index (χ0v) is 29.4. The molecule has 1 saturated heterocycles. The number of benzene rings is 3. The monoisotopic (exact) mass is 778 g/mol. The van der Waals surface area contributed by atoms with E-state index in [1.165, 1.54) is 67.0 Å². The number of carboxylic acid groups (broad SMARTS) is 2. The fourth-order valence-electron chi connectivity index (χ4n) is 5.72. The highest BCUT2D eigenvalue weighted by atomic mass is 35.5. The number of carbonyl (C=O) groups is 4. The molecule has 1 fully saturated rings. The predicted molar refractivity (Wildman–Crippen MR) is 187 cm³/mol. The molecule has 0 radical (unpaired) electrons. The van der Waals surface area contributed by atoms with E-state index in [9.17, 15) is 37.8 Å². The smallest absolute Gasteiger partial charge is 0.335 e. The summed E-state index contributed by atoms with van der Waals surface area (Å²) >= 11 is 24.4. The molecule has 2 atom stereocenters. The van der Waals surface area contributed by atoms with E-state index in [2.05, 4.69) is 15.6 Å². The van der Waals surface area contributed by atoms with E-state index >= 15 is 0 Å². The quantitative estimate of drug-likeness (QED) is 0.139. The van der Waals surface area contributed by atoms with Crippen LogP contribution in [0.15, 0.2) is 84.0 Å². The van der Waals surface area contributed by atoms with Crippen LogP contribution < -0.4 is 10.6 Å². The second kappa shape index (κ2) is 14.9. The van der Waals surface area contributed by atoms with Gasteiger partial charge >= 0.3 is 11.9 Å². The summed E-state index contributed by atoms with van der Waals surface area (Å²) in [5, 5.41) is 25.0. The summed E-state index contributed by atoms with van der Waals surface area (Å²) < 4.78 is 29.2. The van der Waals surface area contributed by atoms with Gasteiger partial charge in [0.25, 0.3) is 5.91 Å². The summed E-state index contributed by atoms with van der Waals surface area (Å²) in [6, 6.07) is 13.4. The summed E-state index contributed by atoms with van der Waals surface area (Å²) in [5.41, 5.74) is -1.12. The SMILES string of the molecule is O=C(O)c1ccc(C2(C(=O)N[C@@H](Cc3ccc(NC(=O)c4c(Cl)cncc4Cl)cc3)C(=O)O)CCCN2S(=O)(=O)c2cc(Cl)cc(Cl)c2)cc1. The topological polar surface area (TPSA) is 183 Å². The van der Waals surface area contributed by atoms with E-state index in [1.807, 2.05) is 0 Å². The summed E-state index contributed by atoms with van der Waals surface area (Å²) in [6.07, 6.45) is 2.48. The van der Waals surface area contributed by atoms with Gasteiger partial charge in [0.15, 0.2) is 0 Å². The molecule has 1 aromatic heterocycles. The van der Waals surface area contributed by atoms with Gasteiger partial charge in [-0.2, -0.15) is 4.31 Å². The molecule has 12 nitrogen and oxygen atoms in total. The Bertz CT molecular complexity index is 2060. The molecular formula is C33H26Cl4N4O8S. The lowest BCUT2D eigenvalue weighted by Gasteiger charge is -2.37. The molecule has 0 spiro atoms. The van der Waals surface area contributed by atoms with E-state index < -0.39 is 45.4 Å². The van der Waals surface area contributed by atoms with Crippen LogP contribution in [0.25, 0.3) is 0 Å². The first-order valence-electron chi connectivity index (χ1n) is 14.7. The van der Waals surface area contributed by atoms with Gasteiger partial charge in [0.2, 0.25) is 15.9 Å². The van der Waals surface area contributed by atoms with Crippen LogP contribution >= 0.6 is 46.4 Å². The maximum absolute atomic E-state index is 14.4. The lowest BCUT2D eigenvalue weighted by molar-refractivity contribution is -0.143. The second-order valence-corrected chi connectivity index (χ2v) is 14.8. The van der Waals surface area contributed by atoms with Crippen molar-refractivity contribution >= 4 is 85.9 Å². The molecule has 17 heteroatoms. The predicted octanol–water partition coefficient (Wildman–Crippen LogP) is 6.14. The Morgan fingerprint density at radius 3 is 2.04 bits per heavy atom. The molecule has 0 saturated carbocycles. The largest absolute Gasteiger partial charge is 0.480 e. The molecular weight excluding hydrogens is 754 g/mol. The minimum atomic E-state index is -4.48. The molecule has 2 heterocycles. The van der Waals surface area contributed by atoms with Gasteiger partial charge in [-0.25, -0.2) is 18.0 Å². The maximum Gasteiger partial charge on any atom is 0.335 e. The molecule has 5 rings (SSSR count). The average molecular weight is 780 g/mol. The number of halogens is 4. The zero-order chi connectivity index (χ0) is 36.4.